The van der Waals surface area contributed by atoms with Gasteiger partial charge in [-0.15, -0.1) is 0 Å². The van der Waals surface area contributed by atoms with E-state index in [1.54, 1.807) is 0 Å². The number of thiophene rings is 1. The molecule has 0 bridgehead atoms. The highest BCUT2D eigenvalue weighted by atomic mass is 32.1. The van der Waals surface area contributed by atoms with E-state index >= 15 is 0 Å². The molecule has 0 radical (unpaired) electrons. The molecule has 1 aromatic heterocycles. The molecule has 2 aliphatic rings. The summed E-state index contributed by atoms with van der Waals surface area (Å²) in [6.07, 6.45) is 4.17. The molecule has 3 heteroatoms. The third-order valence-electron chi connectivity index (χ3n) is 3.46. The van der Waals surface area contributed by atoms with Crippen molar-refractivity contribution in [3.05, 3.63) is 22.4 Å². The largest absolute Gasteiger partial charge is 0.315 e. The van der Waals surface area contributed by atoms with Gasteiger partial charge in [-0.3, -0.25) is 4.90 Å². The van der Waals surface area contributed by atoms with Crippen molar-refractivity contribution in [1.82, 2.24) is 10.2 Å². The van der Waals surface area contributed by atoms with Crippen LogP contribution in [0, 0.1) is 0 Å². The second-order valence-corrected chi connectivity index (χ2v) is 5.46. The lowest BCUT2D eigenvalue weighted by Crippen LogP contribution is -2.37. The first kappa shape index (κ1) is 9.82. The molecule has 1 atom stereocenters. The van der Waals surface area contributed by atoms with Crippen molar-refractivity contribution < 1.29 is 0 Å². The number of nitrogens with zero attached hydrogens (tertiary/aromatic N) is 1. The molecule has 0 amide bonds. The summed E-state index contributed by atoms with van der Waals surface area (Å²) in [5.74, 6) is 0. The van der Waals surface area contributed by atoms with E-state index in [2.05, 4.69) is 27.0 Å². The Morgan fingerprint density at radius 3 is 2.87 bits per heavy atom. The van der Waals surface area contributed by atoms with E-state index in [4.69, 9.17) is 0 Å². The second-order valence-electron chi connectivity index (χ2n) is 4.68. The molecular formula is C12H18N2S. The number of nitrogens with one attached hydrogen (secondary N) is 1. The maximum absolute atomic E-state index is 3.48. The summed E-state index contributed by atoms with van der Waals surface area (Å²) in [7, 11) is 0. The van der Waals surface area contributed by atoms with E-state index in [-0.39, 0.29) is 0 Å². The minimum atomic E-state index is 0.789. The van der Waals surface area contributed by atoms with Gasteiger partial charge in [0.05, 0.1) is 0 Å². The molecule has 82 valence electrons. The van der Waals surface area contributed by atoms with Crippen LogP contribution in [0.3, 0.4) is 0 Å². The summed E-state index contributed by atoms with van der Waals surface area (Å²) in [5.41, 5.74) is 1.50. The van der Waals surface area contributed by atoms with E-state index in [0.29, 0.717) is 0 Å². The van der Waals surface area contributed by atoms with Crippen LogP contribution in [0.15, 0.2) is 16.8 Å². The van der Waals surface area contributed by atoms with Gasteiger partial charge in [-0.1, -0.05) is 0 Å². The third-order valence-corrected chi connectivity index (χ3v) is 4.20. The summed E-state index contributed by atoms with van der Waals surface area (Å²) in [6, 6.07) is 3.94. The van der Waals surface area contributed by atoms with Crippen LogP contribution in [0.1, 0.15) is 24.8 Å². The fraction of sp³-hybridized carbons (Fsp3) is 0.667. The molecule has 1 aliphatic carbocycles. The number of hydrogen-bond acceptors (Lipinski definition) is 3. The zero-order valence-electron chi connectivity index (χ0n) is 8.98. The minimum Gasteiger partial charge on any atom is -0.315 e. The average Bonchev–Trinajstić information content (AvgIpc) is 2.78. The monoisotopic (exact) mass is 222 g/mol. The highest BCUT2D eigenvalue weighted by Crippen LogP contribution is 2.31. The van der Waals surface area contributed by atoms with Crippen LogP contribution in [-0.4, -0.2) is 30.1 Å². The summed E-state index contributed by atoms with van der Waals surface area (Å²) < 4.78 is 0. The molecule has 0 spiro atoms. The normalized spacial score (nSPS) is 26.3. The first-order chi connectivity index (χ1) is 7.43. The molecule has 3 rings (SSSR count). The molecular weight excluding hydrogens is 204 g/mol. The number of rotatable bonds is 4. The van der Waals surface area contributed by atoms with E-state index in [9.17, 15) is 0 Å². The van der Waals surface area contributed by atoms with E-state index in [1.807, 2.05) is 11.3 Å². The van der Waals surface area contributed by atoms with Crippen LogP contribution in [0.5, 0.6) is 0 Å². The highest BCUT2D eigenvalue weighted by molar-refractivity contribution is 7.07. The Hall–Kier alpha value is -0.380. The molecule has 2 heterocycles. The summed E-state index contributed by atoms with van der Waals surface area (Å²) in [5, 5.41) is 7.95. The molecule has 2 fully saturated rings. The highest BCUT2D eigenvalue weighted by Gasteiger charge is 2.34. The van der Waals surface area contributed by atoms with Crippen molar-refractivity contribution in [2.45, 2.75) is 37.9 Å². The van der Waals surface area contributed by atoms with Gasteiger partial charge in [0.15, 0.2) is 0 Å². The van der Waals surface area contributed by atoms with E-state index in [1.165, 1.54) is 44.5 Å². The first-order valence-corrected chi connectivity index (χ1v) is 6.85. The summed E-state index contributed by atoms with van der Waals surface area (Å²) >= 11 is 1.81. The van der Waals surface area contributed by atoms with Gasteiger partial charge in [0, 0.05) is 25.2 Å². The van der Waals surface area contributed by atoms with Gasteiger partial charge in [-0.05, 0) is 48.2 Å². The average molecular weight is 222 g/mol. The molecule has 1 aromatic rings. The minimum absolute atomic E-state index is 0.789. The van der Waals surface area contributed by atoms with Crippen LogP contribution >= 0.6 is 11.3 Å². The SMILES string of the molecule is c1cc(CN(C2CC2)C2CCNC2)cs1. The van der Waals surface area contributed by atoms with E-state index in [0.717, 1.165) is 12.1 Å². The van der Waals surface area contributed by atoms with Crippen molar-refractivity contribution in [3.63, 3.8) is 0 Å². The first-order valence-electron chi connectivity index (χ1n) is 5.91. The molecule has 1 saturated carbocycles. The maximum Gasteiger partial charge on any atom is 0.0248 e. The zero-order valence-corrected chi connectivity index (χ0v) is 9.80. The lowest BCUT2D eigenvalue weighted by Gasteiger charge is -2.27. The topological polar surface area (TPSA) is 15.3 Å². The van der Waals surface area contributed by atoms with Gasteiger partial charge >= 0.3 is 0 Å². The number of hydrogen-bond donors (Lipinski definition) is 1. The zero-order chi connectivity index (χ0) is 10.1. The molecule has 15 heavy (non-hydrogen) atoms. The molecule has 0 aromatic carbocycles. The van der Waals surface area contributed by atoms with Crippen molar-refractivity contribution in [3.8, 4) is 0 Å². The Balaban J connectivity index is 1.67. The van der Waals surface area contributed by atoms with Crippen molar-refractivity contribution >= 4 is 11.3 Å². The standard InChI is InChI=1S/C12H18N2S/c1-2-11(1)14(12-3-5-13-7-12)8-10-4-6-15-9-10/h4,6,9,11-13H,1-3,5,7-8H2. The molecule has 1 N–H and O–H groups in total. The van der Waals surface area contributed by atoms with Gasteiger partial charge in [-0.25, -0.2) is 0 Å². The Morgan fingerprint density at radius 1 is 1.33 bits per heavy atom. The Morgan fingerprint density at radius 2 is 2.27 bits per heavy atom. The fourth-order valence-electron chi connectivity index (χ4n) is 2.48. The van der Waals surface area contributed by atoms with Crippen LogP contribution in [0.25, 0.3) is 0 Å². The Bertz CT molecular complexity index is 299. The summed E-state index contributed by atoms with van der Waals surface area (Å²) in [4.78, 5) is 2.72. The maximum atomic E-state index is 3.48. The van der Waals surface area contributed by atoms with Crippen molar-refractivity contribution in [1.29, 1.82) is 0 Å². The van der Waals surface area contributed by atoms with Gasteiger partial charge in [0.2, 0.25) is 0 Å². The molecule has 2 nitrogen and oxygen atoms in total. The predicted molar refractivity (Wildman–Crippen MR) is 64.2 cm³/mol. The van der Waals surface area contributed by atoms with Crippen LogP contribution in [0.4, 0.5) is 0 Å². The third kappa shape index (κ3) is 2.25. The van der Waals surface area contributed by atoms with Gasteiger partial charge in [0.25, 0.3) is 0 Å². The Labute approximate surface area is 95.3 Å². The smallest absolute Gasteiger partial charge is 0.0248 e. The van der Waals surface area contributed by atoms with Gasteiger partial charge < -0.3 is 5.32 Å². The van der Waals surface area contributed by atoms with Gasteiger partial charge in [0.1, 0.15) is 0 Å². The van der Waals surface area contributed by atoms with Crippen LogP contribution in [0.2, 0.25) is 0 Å². The predicted octanol–water partition coefficient (Wildman–Crippen LogP) is 2.07. The Kier molecular flexibility index (Phi) is 2.77. The van der Waals surface area contributed by atoms with E-state index < -0.39 is 0 Å². The lowest BCUT2D eigenvalue weighted by atomic mass is 10.2. The summed E-state index contributed by atoms with van der Waals surface area (Å²) in [6.45, 7) is 3.57. The lowest BCUT2D eigenvalue weighted by molar-refractivity contribution is 0.189. The van der Waals surface area contributed by atoms with Gasteiger partial charge in [-0.2, -0.15) is 11.3 Å². The van der Waals surface area contributed by atoms with Crippen LogP contribution < -0.4 is 5.32 Å². The second kappa shape index (κ2) is 4.24. The molecule has 1 unspecified atom stereocenters. The molecule has 1 saturated heterocycles. The van der Waals surface area contributed by atoms with Crippen molar-refractivity contribution in [2.24, 2.45) is 0 Å². The quantitative estimate of drug-likeness (QED) is 0.839. The van der Waals surface area contributed by atoms with Crippen molar-refractivity contribution in [2.75, 3.05) is 13.1 Å². The fourth-order valence-corrected chi connectivity index (χ4v) is 3.14. The van der Waals surface area contributed by atoms with Crippen LogP contribution in [-0.2, 0) is 6.54 Å². The molecule has 1 aliphatic heterocycles.